The van der Waals surface area contributed by atoms with Crippen LogP contribution in [0.15, 0.2) is 0 Å². The SMILES string of the molecule is CCOC(=O)N1CCN(c2c(F)c(F)nc(F)c2F)CC1. The molecule has 0 atom stereocenters. The third kappa shape index (κ3) is 3.01. The molecule has 1 amide bonds. The minimum absolute atomic E-state index is 0.0234. The van der Waals surface area contributed by atoms with Crippen molar-refractivity contribution in [2.75, 3.05) is 37.7 Å². The number of hydrogen-bond acceptors (Lipinski definition) is 4. The van der Waals surface area contributed by atoms with E-state index in [1.165, 1.54) is 4.90 Å². The fraction of sp³-hybridized carbons (Fsp3) is 0.500. The Balaban J connectivity index is 2.15. The molecule has 1 fully saturated rings. The summed E-state index contributed by atoms with van der Waals surface area (Å²) in [5.74, 6) is -6.48. The second-order valence-corrected chi connectivity index (χ2v) is 4.34. The number of hydrogen-bond donors (Lipinski definition) is 0. The predicted molar refractivity (Wildman–Crippen MR) is 64.9 cm³/mol. The summed E-state index contributed by atoms with van der Waals surface area (Å²) in [7, 11) is 0. The summed E-state index contributed by atoms with van der Waals surface area (Å²) >= 11 is 0. The number of aromatic nitrogens is 1. The Morgan fingerprint density at radius 1 is 1.10 bits per heavy atom. The number of nitrogens with zero attached hydrogens (tertiary/aromatic N) is 3. The van der Waals surface area contributed by atoms with Gasteiger partial charge in [0.05, 0.1) is 6.61 Å². The number of anilines is 1. The molecule has 0 aliphatic carbocycles. The first-order valence-corrected chi connectivity index (χ1v) is 6.32. The van der Waals surface area contributed by atoms with Crippen molar-refractivity contribution in [2.24, 2.45) is 0 Å². The highest BCUT2D eigenvalue weighted by Crippen LogP contribution is 2.27. The number of carbonyl (C=O) groups is 1. The number of amides is 1. The highest BCUT2D eigenvalue weighted by atomic mass is 19.2. The van der Waals surface area contributed by atoms with E-state index >= 15 is 0 Å². The minimum atomic E-state index is -1.70. The van der Waals surface area contributed by atoms with Crippen LogP contribution in [0.2, 0.25) is 0 Å². The average Bonchev–Trinajstić information content (AvgIpc) is 2.46. The van der Waals surface area contributed by atoms with Gasteiger partial charge in [0, 0.05) is 26.2 Å². The summed E-state index contributed by atoms with van der Waals surface area (Å²) in [6, 6.07) is 0. The first-order chi connectivity index (χ1) is 9.95. The van der Waals surface area contributed by atoms with Crippen molar-refractivity contribution in [2.45, 2.75) is 6.92 Å². The van der Waals surface area contributed by atoms with E-state index in [1.807, 2.05) is 0 Å². The third-order valence-electron chi connectivity index (χ3n) is 3.10. The molecule has 1 aromatic heterocycles. The second-order valence-electron chi connectivity index (χ2n) is 4.34. The summed E-state index contributed by atoms with van der Waals surface area (Å²) in [5.41, 5.74) is -0.802. The molecule has 1 aliphatic rings. The highest BCUT2D eigenvalue weighted by Gasteiger charge is 2.29. The molecule has 1 aromatic rings. The number of pyridine rings is 1. The van der Waals surface area contributed by atoms with Crippen LogP contribution in [0.5, 0.6) is 0 Å². The van der Waals surface area contributed by atoms with E-state index in [-0.39, 0.29) is 32.8 Å². The van der Waals surface area contributed by atoms with Crippen molar-refractivity contribution in [1.82, 2.24) is 9.88 Å². The molecule has 116 valence electrons. The summed E-state index contributed by atoms with van der Waals surface area (Å²) in [6.07, 6.45) is -0.537. The van der Waals surface area contributed by atoms with E-state index in [4.69, 9.17) is 4.74 Å². The van der Waals surface area contributed by atoms with Crippen LogP contribution in [0.3, 0.4) is 0 Å². The lowest BCUT2D eigenvalue weighted by atomic mass is 10.2. The molecule has 9 heteroatoms. The number of ether oxygens (including phenoxy) is 1. The van der Waals surface area contributed by atoms with Crippen LogP contribution in [-0.4, -0.2) is 48.8 Å². The maximum Gasteiger partial charge on any atom is 0.409 e. The van der Waals surface area contributed by atoms with E-state index in [1.54, 1.807) is 6.92 Å². The maximum atomic E-state index is 13.6. The average molecular weight is 307 g/mol. The van der Waals surface area contributed by atoms with Gasteiger partial charge < -0.3 is 14.5 Å². The van der Waals surface area contributed by atoms with Gasteiger partial charge in [-0.3, -0.25) is 0 Å². The largest absolute Gasteiger partial charge is 0.450 e. The zero-order chi connectivity index (χ0) is 15.6. The molecule has 0 spiro atoms. The molecule has 1 saturated heterocycles. The van der Waals surface area contributed by atoms with Gasteiger partial charge in [-0.15, -0.1) is 0 Å². The van der Waals surface area contributed by atoms with Crippen LogP contribution in [-0.2, 0) is 4.74 Å². The van der Waals surface area contributed by atoms with Gasteiger partial charge in [0.15, 0.2) is 0 Å². The zero-order valence-electron chi connectivity index (χ0n) is 11.2. The van der Waals surface area contributed by atoms with Crippen molar-refractivity contribution in [3.63, 3.8) is 0 Å². The lowest BCUT2D eigenvalue weighted by Crippen LogP contribution is -2.49. The third-order valence-corrected chi connectivity index (χ3v) is 3.10. The summed E-state index contributed by atoms with van der Waals surface area (Å²) < 4.78 is 58.2. The van der Waals surface area contributed by atoms with Crippen molar-refractivity contribution in [3.05, 3.63) is 23.5 Å². The normalized spacial score (nSPS) is 15.3. The standard InChI is InChI=1S/C12H13F4N3O2/c1-2-21-12(20)19-5-3-18(4-6-19)9-7(13)10(15)17-11(16)8(9)14/h2-6H2,1H3. The van der Waals surface area contributed by atoms with E-state index in [0.29, 0.717) is 0 Å². The van der Waals surface area contributed by atoms with Crippen LogP contribution < -0.4 is 4.90 Å². The van der Waals surface area contributed by atoms with E-state index in [9.17, 15) is 22.4 Å². The van der Waals surface area contributed by atoms with Crippen LogP contribution in [0.1, 0.15) is 6.92 Å². The van der Waals surface area contributed by atoms with Gasteiger partial charge in [0.2, 0.25) is 11.6 Å². The Labute approximate surface area is 118 Å². The van der Waals surface area contributed by atoms with Gasteiger partial charge in [-0.25, -0.2) is 4.79 Å². The minimum Gasteiger partial charge on any atom is -0.450 e. The molecular weight excluding hydrogens is 294 g/mol. The molecule has 0 aromatic carbocycles. The quantitative estimate of drug-likeness (QED) is 0.618. The van der Waals surface area contributed by atoms with Crippen LogP contribution in [0.4, 0.5) is 28.0 Å². The Morgan fingerprint density at radius 2 is 1.62 bits per heavy atom. The van der Waals surface area contributed by atoms with E-state index in [0.717, 1.165) is 4.90 Å². The van der Waals surface area contributed by atoms with Crippen molar-refractivity contribution in [3.8, 4) is 0 Å². The van der Waals surface area contributed by atoms with Gasteiger partial charge in [0.25, 0.3) is 11.9 Å². The molecule has 0 radical (unpaired) electrons. The molecule has 2 heterocycles. The Bertz CT molecular complexity index is 522. The highest BCUT2D eigenvalue weighted by molar-refractivity contribution is 5.68. The van der Waals surface area contributed by atoms with Gasteiger partial charge >= 0.3 is 6.09 Å². The molecular formula is C12H13F4N3O2. The second kappa shape index (κ2) is 6.15. The first-order valence-electron chi connectivity index (χ1n) is 6.32. The van der Waals surface area contributed by atoms with Crippen molar-refractivity contribution < 1.29 is 27.1 Å². The lowest BCUT2D eigenvalue weighted by Gasteiger charge is -2.35. The van der Waals surface area contributed by atoms with E-state index < -0.39 is 35.3 Å². The summed E-state index contributed by atoms with van der Waals surface area (Å²) in [5, 5.41) is 0. The topological polar surface area (TPSA) is 45.7 Å². The maximum absolute atomic E-state index is 13.6. The lowest BCUT2D eigenvalue weighted by molar-refractivity contribution is 0.105. The Hall–Kier alpha value is -2.06. The molecule has 0 N–H and O–H groups in total. The Kier molecular flexibility index (Phi) is 4.49. The van der Waals surface area contributed by atoms with E-state index in [2.05, 4.69) is 4.98 Å². The number of carbonyl (C=O) groups excluding carboxylic acids is 1. The summed E-state index contributed by atoms with van der Waals surface area (Å²) in [4.78, 5) is 16.5. The van der Waals surface area contributed by atoms with Crippen LogP contribution in [0.25, 0.3) is 0 Å². The van der Waals surface area contributed by atoms with Gasteiger partial charge in [-0.2, -0.15) is 22.5 Å². The number of rotatable bonds is 2. The van der Waals surface area contributed by atoms with Gasteiger partial charge in [0.1, 0.15) is 5.69 Å². The first kappa shape index (κ1) is 15.3. The summed E-state index contributed by atoms with van der Waals surface area (Å²) in [6.45, 7) is 2.17. The molecule has 5 nitrogen and oxygen atoms in total. The van der Waals surface area contributed by atoms with Crippen LogP contribution in [0, 0.1) is 23.5 Å². The number of piperazine rings is 1. The zero-order valence-corrected chi connectivity index (χ0v) is 11.2. The fourth-order valence-corrected chi connectivity index (χ4v) is 2.08. The van der Waals surface area contributed by atoms with Gasteiger partial charge in [-0.05, 0) is 6.92 Å². The number of halogens is 4. The molecule has 2 rings (SSSR count). The monoisotopic (exact) mass is 307 g/mol. The van der Waals surface area contributed by atoms with Crippen molar-refractivity contribution in [1.29, 1.82) is 0 Å². The van der Waals surface area contributed by atoms with Crippen LogP contribution >= 0.6 is 0 Å². The molecule has 0 saturated carbocycles. The molecule has 21 heavy (non-hydrogen) atoms. The Morgan fingerprint density at radius 3 is 2.10 bits per heavy atom. The molecule has 1 aliphatic heterocycles. The smallest absolute Gasteiger partial charge is 0.409 e. The predicted octanol–water partition coefficient (Wildman–Crippen LogP) is 1.92. The van der Waals surface area contributed by atoms with Crippen molar-refractivity contribution >= 4 is 11.8 Å². The fourth-order valence-electron chi connectivity index (χ4n) is 2.08. The van der Waals surface area contributed by atoms with Gasteiger partial charge in [-0.1, -0.05) is 0 Å². The molecule has 0 unspecified atom stereocenters. The molecule has 0 bridgehead atoms.